The molecular formula is C13H24N6O2. The van der Waals surface area contributed by atoms with E-state index < -0.39 is 11.3 Å². The summed E-state index contributed by atoms with van der Waals surface area (Å²) >= 11 is 0. The van der Waals surface area contributed by atoms with Gasteiger partial charge in [0.2, 0.25) is 17.8 Å². The van der Waals surface area contributed by atoms with E-state index >= 15 is 0 Å². The molecule has 0 radical (unpaired) electrons. The fourth-order valence-electron chi connectivity index (χ4n) is 1.32. The highest BCUT2D eigenvalue weighted by Gasteiger charge is 2.25. The number of nitrogens with two attached hydrogens (primary N) is 1. The summed E-state index contributed by atoms with van der Waals surface area (Å²) in [6, 6.07) is 0.252. The Balaban J connectivity index is 2.84. The van der Waals surface area contributed by atoms with E-state index in [1.165, 1.54) is 0 Å². The van der Waals surface area contributed by atoms with E-state index in [0.717, 1.165) is 6.42 Å². The fraction of sp³-hybridized carbons (Fsp3) is 0.692. The molecule has 0 unspecified atom stereocenters. The topological polar surface area (TPSA) is 115 Å². The first-order valence-corrected chi connectivity index (χ1v) is 7.05. The molecule has 0 saturated heterocycles. The Morgan fingerprint density at radius 1 is 1.19 bits per heavy atom. The molecule has 21 heavy (non-hydrogen) atoms. The third kappa shape index (κ3) is 5.41. The van der Waals surface area contributed by atoms with Crippen molar-refractivity contribution >= 4 is 17.8 Å². The van der Waals surface area contributed by atoms with Gasteiger partial charge in [0.15, 0.2) is 0 Å². The summed E-state index contributed by atoms with van der Waals surface area (Å²) in [6.07, 6.45) is 0.861. The zero-order valence-electron chi connectivity index (χ0n) is 13.1. The third-order valence-electron chi connectivity index (χ3n) is 2.74. The van der Waals surface area contributed by atoms with Crippen LogP contribution in [0.2, 0.25) is 0 Å². The number of hydrogen-bond acceptors (Lipinski definition) is 7. The van der Waals surface area contributed by atoms with E-state index in [1.807, 2.05) is 13.8 Å². The van der Waals surface area contributed by atoms with Crippen molar-refractivity contribution in [3.8, 4) is 6.01 Å². The molecule has 8 heteroatoms. The summed E-state index contributed by atoms with van der Waals surface area (Å²) in [6.45, 7) is 8.99. The molecule has 1 heterocycles. The quantitative estimate of drug-likeness (QED) is 0.623. The van der Waals surface area contributed by atoms with Crippen LogP contribution in [-0.4, -0.2) is 40.6 Å². The van der Waals surface area contributed by atoms with E-state index in [4.69, 9.17) is 10.5 Å². The van der Waals surface area contributed by atoms with Gasteiger partial charge >= 0.3 is 6.01 Å². The van der Waals surface area contributed by atoms with Crippen molar-refractivity contribution in [3.05, 3.63) is 0 Å². The van der Waals surface area contributed by atoms with Crippen LogP contribution in [0.25, 0.3) is 0 Å². The van der Waals surface area contributed by atoms with Gasteiger partial charge in [-0.25, -0.2) is 0 Å². The molecule has 1 rings (SSSR count). The lowest BCUT2D eigenvalue weighted by Gasteiger charge is -2.20. The summed E-state index contributed by atoms with van der Waals surface area (Å²) in [5, 5.41) is 6.01. The highest BCUT2D eigenvalue weighted by atomic mass is 16.5. The smallest absolute Gasteiger partial charge is 0.323 e. The Kier molecular flexibility index (Phi) is 6.13. The summed E-state index contributed by atoms with van der Waals surface area (Å²) in [5.41, 5.74) is 4.64. The van der Waals surface area contributed by atoms with Crippen LogP contribution in [0.1, 0.15) is 34.1 Å². The summed E-state index contributed by atoms with van der Waals surface area (Å²) < 4.78 is 5.43. The predicted molar refractivity (Wildman–Crippen MR) is 81.2 cm³/mol. The van der Waals surface area contributed by atoms with Crippen LogP contribution in [-0.2, 0) is 4.79 Å². The Bertz CT molecular complexity index is 478. The number of aromatic nitrogens is 3. The molecule has 1 aromatic heterocycles. The molecule has 0 atom stereocenters. The summed E-state index contributed by atoms with van der Waals surface area (Å²) in [4.78, 5) is 23.9. The van der Waals surface area contributed by atoms with Crippen LogP contribution in [0.3, 0.4) is 0 Å². The van der Waals surface area contributed by atoms with E-state index in [0.29, 0.717) is 31.6 Å². The van der Waals surface area contributed by atoms with Gasteiger partial charge in [0.05, 0.1) is 12.0 Å². The van der Waals surface area contributed by atoms with Crippen molar-refractivity contribution in [2.75, 3.05) is 30.3 Å². The molecule has 1 amide bonds. The normalized spacial score (nSPS) is 11.0. The third-order valence-corrected chi connectivity index (χ3v) is 2.74. The first-order chi connectivity index (χ1) is 9.89. The number of amides is 1. The number of ether oxygens (including phenoxy) is 1. The maximum absolute atomic E-state index is 11.3. The molecule has 0 bridgehead atoms. The standard InChI is InChI=1S/C13H24N6O2/c1-5-7-21-12-18-10(15-6-2)17-11(19-12)16-8-13(3,4)9(14)20/h5-8H2,1-4H3,(H2,14,20)(H2,15,16,17,18,19). The highest BCUT2D eigenvalue weighted by Crippen LogP contribution is 2.16. The van der Waals surface area contributed by atoms with Gasteiger partial charge in [-0.15, -0.1) is 0 Å². The van der Waals surface area contributed by atoms with Crippen LogP contribution in [0.5, 0.6) is 6.01 Å². The lowest BCUT2D eigenvalue weighted by Crippen LogP contribution is -2.37. The van der Waals surface area contributed by atoms with Crippen LogP contribution < -0.4 is 21.1 Å². The van der Waals surface area contributed by atoms with Gasteiger partial charge in [0.25, 0.3) is 0 Å². The van der Waals surface area contributed by atoms with Crippen molar-refractivity contribution in [2.24, 2.45) is 11.1 Å². The van der Waals surface area contributed by atoms with Gasteiger partial charge in [-0.2, -0.15) is 15.0 Å². The number of rotatable bonds is 9. The molecule has 0 saturated carbocycles. The first-order valence-electron chi connectivity index (χ1n) is 7.05. The minimum Gasteiger partial charge on any atom is -0.463 e. The number of carbonyl (C=O) groups excluding carboxylic acids is 1. The van der Waals surface area contributed by atoms with Crippen molar-refractivity contribution in [1.82, 2.24) is 15.0 Å². The SMILES string of the molecule is CCCOc1nc(NCC)nc(NCC(C)(C)C(N)=O)n1. The number of hydrogen-bond donors (Lipinski definition) is 3. The molecule has 0 fully saturated rings. The van der Waals surface area contributed by atoms with Crippen LogP contribution in [0.15, 0.2) is 0 Å². The second-order valence-corrected chi connectivity index (χ2v) is 5.25. The molecule has 0 spiro atoms. The van der Waals surface area contributed by atoms with E-state index in [2.05, 4.69) is 25.6 Å². The molecular weight excluding hydrogens is 272 g/mol. The number of nitrogens with zero attached hydrogens (tertiary/aromatic N) is 3. The van der Waals surface area contributed by atoms with Gasteiger partial charge in [-0.05, 0) is 27.2 Å². The van der Waals surface area contributed by atoms with Gasteiger partial charge in [-0.3, -0.25) is 4.79 Å². The molecule has 118 valence electrons. The second kappa shape index (κ2) is 7.61. The minimum absolute atomic E-state index is 0.252. The second-order valence-electron chi connectivity index (χ2n) is 5.25. The van der Waals surface area contributed by atoms with Crippen molar-refractivity contribution in [1.29, 1.82) is 0 Å². The first kappa shape index (κ1) is 16.9. The zero-order valence-corrected chi connectivity index (χ0v) is 13.1. The van der Waals surface area contributed by atoms with Gasteiger partial charge < -0.3 is 21.1 Å². The van der Waals surface area contributed by atoms with Crippen molar-refractivity contribution in [2.45, 2.75) is 34.1 Å². The maximum atomic E-state index is 11.3. The van der Waals surface area contributed by atoms with Gasteiger partial charge in [0, 0.05) is 13.1 Å². The monoisotopic (exact) mass is 296 g/mol. The van der Waals surface area contributed by atoms with E-state index in [9.17, 15) is 4.79 Å². The molecule has 0 aromatic carbocycles. The highest BCUT2D eigenvalue weighted by molar-refractivity contribution is 5.80. The van der Waals surface area contributed by atoms with Crippen LogP contribution in [0.4, 0.5) is 11.9 Å². The Hall–Kier alpha value is -2.12. The summed E-state index contributed by atoms with van der Waals surface area (Å²) in [7, 11) is 0. The Labute approximate surface area is 124 Å². The number of primary amides is 1. The van der Waals surface area contributed by atoms with E-state index in [1.54, 1.807) is 13.8 Å². The predicted octanol–water partition coefficient (Wildman–Crippen LogP) is 1.02. The van der Waals surface area contributed by atoms with Gasteiger partial charge in [0.1, 0.15) is 0 Å². The zero-order chi connectivity index (χ0) is 15.9. The maximum Gasteiger partial charge on any atom is 0.323 e. The molecule has 0 aliphatic rings. The van der Waals surface area contributed by atoms with Gasteiger partial charge in [-0.1, -0.05) is 6.92 Å². The number of anilines is 2. The Morgan fingerprint density at radius 3 is 2.33 bits per heavy atom. The fourth-order valence-corrected chi connectivity index (χ4v) is 1.32. The lowest BCUT2D eigenvalue weighted by atomic mass is 9.93. The summed E-state index contributed by atoms with van der Waals surface area (Å²) in [5.74, 6) is 0.387. The largest absolute Gasteiger partial charge is 0.463 e. The van der Waals surface area contributed by atoms with Crippen molar-refractivity contribution < 1.29 is 9.53 Å². The lowest BCUT2D eigenvalue weighted by molar-refractivity contribution is -0.125. The average molecular weight is 296 g/mol. The number of nitrogens with one attached hydrogen (secondary N) is 2. The van der Waals surface area contributed by atoms with E-state index in [-0.39, 0.29) is 6.01 Å². The minimum atomic E-state index is -0.699. The molecule has 0 aliphatic heterocycles. The molecule has 0 aliphatic carbocycles. The molecule has 4 N–H and O–H groups in total. The Morgan fingerprint density at radius 2 is 1.81 bits per heavy atom. The molecule has 1 aromatic rings. The average Bonchev–Trinajstić information content (AvgIpc) is 2.43. The number of carbonyl (C=O) groups is 1. The molecule has 8 nitrogen and oxygen atoms in total. The van der Waals surface area contributed by atoms with Crippen LogP contribution in [0, 0.1) is 5.41 Å². The van der Waals surface area contributed by atoms with Crippen LogP contribution >= 0.6 is 0 Å². The van der Waals surface area contributed by atoms with Crippen molar-refractivity contribution in [3.63, 3.8) is 0 Å².